The molecule has 0 bridgehead atoms. The Bertz CT molecular complexity index is 413. The van der Waals surface area contributed by atoms with E-state index in [1.165, 1.54) is 6.07 Å². The van der Waals surface area contributed by atoms with E-state index in [1.54, 1.807) is 13.2 Å². The van der Waals surface area contributed by atoms with Gasteiger partial charge in [-0.2, -0.15) is 0 Å². The number of ether oxygens (including phenoxy) is 1. The number of rotatable bonds is 9. The quantitative estimate of drug-likeness (QED) is 0.428. The van der Waals surface area contributed by atoms with Crippen LogP contribution in [0.5, 0.6) is 0 Å². The smallest absolute Gasteiger partial charge is 0.270 e. The second-order valence-electron chi connectivity index (χ2n) is 4.31. The summed E-state index contributed by atoms with van der Waals surface area (Å²) < 4.78 is 5.71. The maximum atomic E-state index is 10.7. The van der Waals surface area contributed by atoms with E-state index in [2.05, 4.69) is 21.2 Å². The Morgan fingerprint density at radius 2 is 2.11 bits per heavy atom. The largest absolute Gasteiger partial charge is 0.385 e. The van der Waals surface area contributed by atoms with E-state index in [0.717, 1.165) is 42.5 Å². The minimum Gasteiger partial charge on any atom is -0.385 e. The van der Waals surface area contributed by atoms with Crippen molar-refractivity contribution in [2.75, 3.05) is 20.3 Å². The zero-order chi connectivity index (χ0) is 14.1. The molecule has 0 aliphatic heterocycles. The summed E-state index contributed by atoms with van der Waals surface area (Å²) in [4.78, 5) is 10.4. The maximum absolute atomic E-state index is 10.7. The maximum Gasteiger partial charge on any atom is 0.270 e. The summed E-state index contributed by atoms with van der Waals surface area (Å²) in [6.45, 7) is 2.35. The lowest BCUT2D eigenvalue weighted by Crippen LogP contribution is -2.15. The molecule has 0 aliphatic carbocycles. The Morgan fingerprint density at radius 1 is 1.32 bits per heavy atom. The van der Waals surface area contributed by atoms with Crippen molar-refractivity contribution in [3.05, 3.63) is 38.3 Å². The van der Waals surface area contributed by atoms with Crippen molar-refractivity contribution in [2.24, 2.45) is 0 Å². The highest BCUT2D eigenvalue weighted by Gasteiger charge is 2.08. The van der Waals surface area contributed by atoms with Crippen LogP contribution in [0.2, 0.25) is 0 Å². The Hall–Kier alpha value is -0.980. The number of nitro groups is 1. The van der Waals surface area contributed by atoms with Gasteiger partial charge in [0.1, 0.15) is 0 Å². The van der Waals surface area contributed by atoms with Crippen LogP contribution in [0.15, 0.2) is 22.7 Å². The van der Waals surface area contributed by atoms with E-state index in [4.69, 9.17) is 4.74 Å². The monoisotopic (exact) mass is 330 g/mol. The molecule has 0 amide bonds. The van der Waals surface area contributed by atoms with Crippen LogP contribution in [0.3, 0.4) is 0 Å². The number of unbranched alkanes of at least 4 members (excludes halogenated alkanes) is 2. The van der Waals surface area contributed by atoms with Gasteiger partial charge < -0.3 is 10.1 Å². The molecule has 0 saturated heterocycles. The fraction of sp³-hybridized carbons (Fsp3) is 0.538. The van der Waals surface area contributed by atoms with Crippen LogP contribution in [0.25, 0.3) is 0 Å². The molecule has 0 aromatic heterocycles. The van der Waals surface area contributed by atoms with Gasteiger partial charge in [0.15, 0.2) is 0 Å². The molecule has 1 rings (SSSR count). The highest BCUT2D eigenvalue weighted by Crippen LogP contribution is 2.21. The number of halogens is 1. The second-order valence-corrected chi connectivity index (χ2v) is 5.22. The third-order valence-corrected chi connectivity index (χ3v) is 3.14. The first-order chi connectivity index (χ1) is 9.13. The van der Waals surface area contributed by atoms with Crippen molar-refractivity contribution in [1.29, 1.82) is 0 Å². The van der Waals surface area contributed by atoms with E-state index in [9.17, 15) is 10.1 Å². The summed E-state index contributed by atoms with van der Waals surface area (Å²) in [5, 5.41) is 14.0. The molecule has 6 heteroatoms. The first-order valence-corrected chi connectivity index (χ1v) is 7.06. The van der Waals surface area contributed by atoms with Gasteiger partial charge in [-0.3, -0.25) is 10.1 Å². The number of nitrogens with zero attached hydrogens (tertiary/aromatic N) is 1. The van der Waals surface area contributed by atoms with Crippen molar-refractivity contribution < 1.29 is 9.66 Å². The average Bonchev–Trinajstić information content (AvgIpc) is 2.37. The summed E-state index contributed by atoms with van der Waals surface area (Å²) in [7, 11) is 1.71. The fourth-order valence-corrected chi connectivity index (χ4v) is 2.28. The number of hydrogen-bond donors (Lipinski definition) is 1. The normalized spacial score (nSPS) is 10.6. The number of nitro benzene ring substituents is 1. The number of hydrogen-bond acceptors (Lipinski definition) is 4. The lowest BCUT2D eigenvalue weighted by molar-refractivity contribution is -0.385. The number of methoxy groups -OCH3 is 1. The van der Waals surface area contributed by atoms with Crippen LogP contribution in [0, 0.1) is 10.1 Å². The minimum absolute atomic E-state index is 0.117. The highest BCUT2D eigenvalue weighted by molar-refractivity contribution is 9.10. The predicted molar refractivity (Wildman–Crippen MR) is 78.2 cm³/mol. The first kappa shape index (κ1) is 16.1. The molecule has 0 spiro atoms. The van der Waals surface area contributed by atoms with E-state index >= 15 is 0 Å². The SMILES string of the molecule is COCCCCCNCc1cc(Br)cc([N+](=O)[O-])c1. The standard InChI is InChI=1S/C13H19BrN2O3/c1-19-6-4-2-3-5-15-10-11-7-12(14)9-13(8-11)16(17)18/h7-9,15H,2-6,10H2,1H3. The second kappa shape index (κ2) is 9.01. The van der Waals surface area contributed by atoms with Gasteiger partial charge in [-0.05, 0) is 37.4 Å². The van der Waals surface area contributed by atoms with E-state index in [-0.39, 0.29) is 10.6 Å². The molecule has 0 saturated carbocycles. The van der Waals surface area contributed by atoms with Gasteiger partial charge in [0.25, 0.3) is 5.69 Å². The molecule has 1 N–H and O–H groups in total. The third-order valence-electron chi connectivity index (χ3n) is 2.68. The van der Waals surface area contributed by atoms with Crippen LogP contribution in [-0.4, -0.2) is 25.2 Å². The summed E-state index contributed by atoms with van der Waals surface area (Å²) in [5.41, 5.74) is 1.03. The Kier molecular flexibility index (Phi) is 7.62. The molecule has 0 aliphatic rings. The molecule has 0 heterocycles. The predicted octanol–water partition coefficient (Wildman–Crippen LogP) is 3.26. The van der Waals surface area contributed by atoms with Crippen molar-refractivity contribution in [3.63, 3.8) is 0 Å². The molecular formula is C13H19BrN2O3. The number of non-ortho nitro benzene ring substituents is 1. The van der Waals surface area contributed by atoms with Crippen molar-refractivity contribution >= 4 is 21.6 Å². The molecule has 5 nitrogen and oxygen atoms in total. The van der Waals surface area contributed by atoms with Crippen LogP contribution in [-0.2, 0) is 11.3 Å². The van der Waals surface area contributed by atoms with Crippen molar-refractivity contribution in [2.45, 2.75) is 25.8 Å². The molecular weight excluding hydrogens is 312 g/mol. The Labute approximate surface area is 121 Å². The summed E-state index contributed by atoms with van der Waals surface area (Å²) in [6, 6.07) is 5.00. The molecule has 1 aromatic rings. The molecule has 106 valence electrons. The molecule has 19 heavy (non-hydrogen) atoms. The third kappa shape index (κ3) is 6.66. The lowest BCUT2D eigenvalue weighted by atomic mass is 10.2. The van der Waals surface area contributed by atoms with Crippen molar-refractivity contribution in [3.8, 4) is 0 Å². The van der Waals surface area contributed by atoms with Gasteiger partial charge in [0.05, 0.1) is 4.92 Å². The van der Waals surface area contributed by atoms with Gasteiger partial charge in [-0.25, -0.2) is 0 Å². The molecule has 1 aromatic carbocycles. The van der Waals surface area contributed by atoms with Gasteiger partial charge in [-0.1, -0.05) is 15.9 Å². The summed E-state index contributed by atoms with van der Waals surface area (Å²) in [6.07, 6.45) is 3.28. The minimum atomic E-state index is -0.376. The zero-order valence-corrected chi connectivity index (χ0v) is 12.6. The van der Waals surface area contributed by atoms with Gasteiger partial charge in [0.2, 0.25) is 0 Å². The highest BCUT2D eigenvalue weighted by atomic mass is 79.9. The number of nitrogens with one attached hydrogen (secondary N) is 1. The van der Waals surface area contributed by atoms with Crippen LogP contribution < -0.4 is 5.32 Å². The van der Waals surface area contributed by atoms with Gasteiger partial charge in [0, 0.05) is 36.9 Å². The number of benzene rings is 1. The molecule has 0 fully saturated rings. The van der Waals surface area contributed by atoms with E-state index in [0.29, 0.717) is 6.54 Å². The van der Waals surface area contributed by atoms with Gasteiger partial charge in [-0.15, -0.1) is 0 Å². The van der Waals surface area contributed by atoms with Gasteiger partial charge >= 0.3 is 0 Å². The Balaban J connectivity index is 2.31. The molecule has 0 radical (unpaired) electrons. The van der Waals surface area contributed by atoms with E-state index in [1.807, 2.05) is 6.07 Å². The lowest BCUT2D eigenvalue weighted by Gasteiger charge is -2.05. The van der Waals surface area contributed by atoms with Crippen LogP contribution >= 0.6 is 15.9 Å². The molecule has 0 atom stereocenters. The van der Waals surface area contributed by atoms with Crippen molar-refractivity contribution in [1.82, 2.24) is 5.32 Å². The average molecular weight is 331 g/mol. The fourth-order valence-electron chi connectivity index (χ4n) is 1.75. The van der Waals surface area contributed by atoms with Crippen LogP contribution in [0.1, 0.15) is 24.8 Å². The summed E-state index contributed by atoms with van der Waals surface area (Å²) in [5.74, 6) is 0. The van der Waals surface area contributed by atoms with Crippen LogP contribution in [0.4, 0.5) is 5.69 Å². The zero-order valence-electron chi connectivity index (χ0n) is 11.0. The van der Waals surface area contributed by atoms with E-state index < -0.39 is 0 Å². The Morgan fingerprint density at radius 3 is 2.79 bits per heavy atom. The topological polar surface area (TPSA) is 64.4 Å². The summed E-state index contributed by atoms with van der Waals surface area (Å²) >= 11 is 3.29. The first-order valence-electron chi connectivity index (χ1n) is 6.27. The molecule has 0 unspecified atom stereocenters.